The number of carbonyl (C=O) groups excluding carboxylic acids is 1. The van der Waals surface area contributed by atoms with E-state index in [1.165, 1.54) is 0 Å². The van der Waals surface area contributed by atoms with Gasteiger partial charge >= 0.3 is 6.03 Å². The third-order valence-corrected chi connectivity index (χ3v) is 3.57. The highest BCUT2D eigenvalue weighted by molar-refractivity contribution is 5.89. The molecule has 0 aliphatic rings. The molecule has 0 bridgehead atoms. The summed E-state index contributed by atoms with van der Waals surface area (Å²) in [6, 6.07) is 12.6. The van der Waals surface area contributed by atoms with Gasteiger partial charge in [0, 0.05) is 31.0 Å². The van der Waals surface area contributed by atoms with Crippen molar-refractivity contribution in [2.24, 2.45) is 0 Å². The molecule has 0 unspecified atom stereocenters. The van der Waals surface area contributed by atoms with Gasteiger partial charge in [-0.1, -0.05) is 32.0 Å². The first-order chi connectivity index (χ1) is 11.7. The first kappa shape index (κ1) is 17.7. The summed E-state index contributed by atoms with van der Waals surface area (Å²) < 4.78 is 5.65. The van der Waals surface area contributed by atoms with Gasteiger partial charge in [-0.25, -0.2) is 9.78 Å². The van der Waals surface area contributed by atoms with E-state index in [4.69, 9.17) is 4.74 Å². The fourth-order valence-corrected chi connectivity index (χ4v) is 2.19. The van der Waals surface area contributed by atoms with E-state index in [1.54, 1.807) is 18.3 Å². The lowest BCUT2D eigenvalue weighted by Gasteiger charge is -2.18. The fraction of sp³-hybridized carbons (Fsp3) is 0.333. The predicted molar refractivity (Wildman–Crippen MR) is 95.6 cm³/mol. The summed E-state index contributed by atoms with van der Waals surface area (Å²) in [6.07, 6.45) is 1.60. The quantitative estimate of drug-likeness (QED) is 0.780. The summed E-state index contributed by atoms with van der Waals surface area (Å²) in [4.78, 5) is 18.3. The molecular formula is C18H24N4O2. The van der Waals surface area contributed by atoms with Gasteiger partial charge in [-0.2, -0.15) is 0 Å². The number of rotatable bonds is 8. The van der Waals surface area contributed by atoms with Crippen LogP contribution in [0.15, 0.2) is 48.7 Å². The molecule has 0 spiro atoms. The largest absolute Gasteiger partial charge is 0.439 e. The highest BCUT2D eigenvalue weighted by Gasteiger charge is 2.05. The molecule has 0 fully saturated rings. The molecule has 1 aromatic carbocycles. The van der Waals surface area contributed by atoms with Crippen molar-refractivity contribution >= 4 is 11.7 Å². The van der Waals surface area contributed by atoms with Crippen molar-refractivity contribution in [2.45, 2.75) is 13.8 Å². The van der Waals surface area contributed by atoms with E-state index in [0.29, 0.717) is 23.9 Å². The molecule has 2 amide bonds. The molecule has 24 heavy (non-hydrogen) atoms. The Kier molecular flexibility index (Phi) is 7.04. The lowest BCUT2D eigenvalue weighted by Crippen LogP contribution is -2.36. The Morgan fingerprint density at radius 3 is 2.62 bits per heavy atom. The fourth-order valence-electron chi connectivity index (χ4n) is 2.19. The molecule has 0 atom stereocenters. The Balaban J connectivity index is 1.84. The number of para-hydroxylation sites is 1. The van der Waals surface area contributed by atoms with Crippen molar-refractivity contribution in [3.63, 3.8) is 0 Å². The number of hydrogen-bond acceptors (Lipinski definition) is 4. The molecule has 2 N–H and O–H groups in total. The standard InChI is InChI=1S/C18H24N4O2/c1-3-22(4-2)13-12-20-18(23)21-15-10-11-19-17(14-15)24-16-8-6-5-7-9-16/h5-11,14H,3-4,12-13H2,1-2H3,(H2,19,20,21,23). The molecule has 0 saturated carbocycles. The Bertz CT molecular complexity index is 630. The summed E-state index contributed by atoms with van der Waals surface area (Å²) in [7, 11) is 0. The third-order valence-electron chi connectivity index (χ3n) is 3.57. The monoisotopic (exact) mass is 328 g/mol. The second-order valence-electron chi connectivity index (χ2n) is 5.21. The van der Waals surface area contributed by atoms with Crippen LogP contribution in [-0.2, 0) is 0 Å². The number of hydrogen-bond donors (Lipinski definition) is 2. The van der Waals surface area contributed by atoms with Gasteiger partial charge in [0.1, 0.15) is 5.75 Å². The molecule has 1 aromatic heterocycles. The number of likely N-dealkylation sites (N-methyl/N-ethyl adjacent to an activating group) is 1. The van der Waals surface area contributed by atoms with Gasteiger partial charge in [0.25, 0.3) is 0 Å². The van der Waals surface area contributed by atoms with E-state index in [1.807, 2.05) is 30.3 Å². The van der Waals surface area contributed by atoms with Gasteiger partial charge in [0.05, 0.1) is 0 Å². The van der Waals surface area contributed by atoms with Crippen LogP contribution < -0.4 is 15.4 Å². The predicted octanol–water partition coefficient (Wildman–Crippen LogP) is 3.34. The Morgan fingerprint density at radius 2 is 1.92 bits per heavy atom. The molecular weight excluding hydrogens is 304 g/mol. The van der Waals surface area contributed by atoms with Gasteiger partial charge in [-0.05, 0) is 31.3 Å². The number of urea groups is 1. The zero-order valence-electron chi connectivity index (χ0n) is 14.2. The van der Waals surface area contributed by atoms with Gasteiger partial charge in [0.2, 0.25) is 5.88 Å². The molecule has 1 heterocycles. The average Bonchev–Trinajstić information content (AvgIpc) is 2.60. The molecule has 0 aliphatic carbocycles. The molecule has 0 aliphatic heterocycles. The maximum Gasteiger partial charge on any atom is 0.319 e. The van der Waals surface area contributed by atoms with Crippen molar-refractivity contribution in [1.29, 1.82) is 0 Å². The van der Waals surface area contributed by atoms with Gasteiger partial charge < -0.3 is 20.3 Å². The normalized spacial score (nSPS) is 10.5. The molecule has 0 radical (unpaired) electrons. The van der Waals surface area contributed by atoms with Crippen molar-refractivity contribution < 1.29 is 9.53 Å². The smallest absolute Gasteiger partial charge is 0.319 e. The Hall–Kier alpha value is -2.60. The summed E-state index contributed by atoms with van der Waals surface area (Å²) in [5.41, 5.74) is 0.635. The zero-order valence-corrected chi connectivity index (χ0v) is 14.2. The van der Waals surface area contributed by atoms with E-state index in [9.17, 15) is 4.79 Å². The summed E-state index contributed by atoms with van der Waals surface area (Å²) in [6.45, 7) is 7.60. The molecule has 128 valence electrons. The van der Waals surface area contributed by atoms with Gasteiger partial charge in [-0.3, -0.25) is 0 Å². The molecule has 2 aromatic rings. The minimum atomic E-state index is -0.237. The number of pyridine rings is 1. The van der Waals surface area contributed by atoms with Crippen molar-refractivity contribution in [1.82, 2.24) is 15.2 Å². The lowest BCUT2D eigenvalue weighted by atomic mass is 10.3. The van der Waals surface area contributed by atoms with E-state index in [0.717, 1.165) is 19.6 Å². The van der Waals surface area contributed by atoms with E-state index >= 15 is 0 Å². The van der Waals surface area contributed by atoms with Crippen LogP contribution in [0.4, 0.5) is 10.5 Å². The second kappa shape index (κ2) is 9.52. The minimum absolute atomic E-state index is 0.237. The number of anilines is 1. The van der Waals surface area contributed by atoms with Crippen LogP contribution in [0.25, 0.3) is 0 Å². The molecule has 6 nitrogen and oxygen atoms in total. The number of ether oxygens (including phenoxy) is 1. The van der Waals surface area contributed by atoms with Crippen molar-refractivity contribution in [3.05, 3.63) is 48.7 Å². The van der Waals surface area contributed by atoms with Crippen molar-refractivity contribution in [2.75, 3.05) is 31.5 Å². The maximum atomic E-state index is 11.9. The summed E-state index contributed by atoms with van der Waals surface area (Å²) in [5.74, 6) is 1.13. The van der Waals surface area contributed by atoms with Crippen LogP contribution in [0.3, 0.4) is 0 Å². The van der Waals surface area contributed by atoms with E-state index in [2.05, 4.69) is 34.4 Å². The Labute approximate surface area is 142 Å². The van der Waals surface area contributed by atoms with E-state index < -0.39 is 0 Å². The summed E-state index contributed by atoms with van der Waals surface area (Å²) in [5, 5.41) is 5.64. The number of benzene rings is 1. The highest BCUT2D eigenvalue weighted by atomic mass is 16.5. The second-order valence-corrected chi connectivity index (χ2v) is 5.21. The highest BCUT2D eigenvalue weighted by Crippen LogP contribution is 2.21. The average molecular weight is 328 g/mol. The van der Waals surface area contributed by atoms with Crippen LogP contribution in [-0.4, -0.2) is 42.1 Å². The molecule has 6 heteroatoms. The van der Waals surface area contributed by atoms with E-state index in [-0.39, 0.29) is 6.03 Å². The van der Waals surface area contributed by atoms with Crippen LogP contribution in [0.5, 0.6) is 11.6 Å². The third kappa shape index (κ3) is 5.89. The minimum Gasteiger partial charge on any atom is -0.439 e. The van der Waals surface area contributed by atoms with Crippen molar-refractivity contribution in [3.8, 4) is 11.6 Å². The first-order valence-corrected chi connectivity index (χ1v) is 8.17. The van der Waals surface area contributed by atoms with Gasteiger partial charge in [0.15, 0.2) is 0 Å². The summed E-state index contributed by atoms with van der Waals surface area (Å²) >= 11 is 0. The topological polar surface area (TPSA) is 66.5 Å². The number of nitrogens with one attached hydrogen (secondary N) is 2. The number of carbonyl (C=O) groups is 1. The number of nitrogens with zero attached hydrogens (tertiary/aromatic N) is 2. The lowest BCUT2D eigenvalue weighted by molar-refractivity contribution is 0.248. The molecule has 2 rings (SSSR count). The van der Waals surface area contributed by atoms with Gasteiger partial charge in [-0.15, -0.1) is 0 Å². The SMILES string of the molecule is CCN(CC)CCNC(=O)Nc1ccnc(Oc2ccccc2)c1. The maximum absolute atomic E-state index is 11.9. The first-order valence-electron chi connectivity index (χ1n) is 8.17. The number of amides is 2. The molecule has 0 saturated heterocycles. The number of aromatic nitrogens is 1. The van der Waals surface area contributed by atoms with Crippen LogP contribution in [0, 0.1) is 0 Å². The van der Waals surface area contributed by atoms with Crippen LogP contribution in [0.1, 0.15) is 13.8 Å². The van der Waals surface area contributed by atoms with Crippen LogP contribution >= 0.6 is 0 Å². The Morgan fingerprint density at radius 1 is 1.17 bits per heavy atom. The zero-order chi connectivity index (χ0) is 17.2. The van der Waals surface area contributed by atoms with Crippen LogP contribution in [0.2, 0.25) is 0 Å².